The number of aromatic amines is 5. The molecule has 658 valence electrons. The zero-order chi connectivity index (χ0) is 91.3. The van der Waals surface area contributed by atoms with E-state index < -0.39 is 120 Å². The SMILES string of the molecule is CCNCc1cc2cc3c(cc2n1C)Cc1c-3[nH]c(=O)c(C(=O)O)c1O.CN(C)C1CCN(c2ccc3c(c2)C(O)CCc2c-3[nH]c(=O)c(C(=O)O)c2O)C1.Cn1ccc2cc3c(c(F)c21)CCCc1c-3[nH]c(=O)c(C(=O)O)c1O.Cn1ccc2cc3c(cc21)C=CCc1c-3[nH]c(=O)c(C(=O)O)c1O.Cn1ccc2cc3c(cc21)CCCc1c-3[nH]c(=O)c(C(=O)O)c1O. The summed E-state index contributed by atoms with van der Waals surface area (Å²) in [4.78, 5) is 135. The second-order valence-corrected chi connectivity index (χ2v) is 32.9. The lowest BCUT2D eigenvalue weighted by Crippen LogP contribution is -2.31. The number of benzene rings is 5. The number of carbonyl (C=O) groups is 5. The number of hydrogen-bond donors (Lipinski definition) is 17. The Bertz CT molecular complexity index is 7440. The van der Waals surface area contributed by atoms with Crippen molar-refractivity contribution in [2.75, 3.05) is 38.6 Å². The zero-order valence-corrected chi connectivity index (χ0v) is 70.3. The van der Waals surface area contributed by atoms with Crippen molar-refractivity contribution in [1.82, 2.24) is 53.4 Å². The molecule has 17 N–H and O–H groups in total. The van der Waals surface area contributed by atoms with Gasteiger partial charge in [0.05, 0.1) is 40.1 Å². The number of aromatic carboxylic acids is 5. The quantitative estimate of drug-likeness (QED) is 0.0605. The number of carboxylic acid groups (broad SMARTS) is 5. The van der Waals surface area contributed by atoms with Gasteiger partial charge in [-0.15, -0.1) is 0 Å². The highest BCUT2D eigenvalue weighted by Gasteiger charge is 2.35. The number of aromatic hydroxyl groups is 5. The maximum atomic E-state index is 15.1. The van der Waals surface area contributed by atoms with Crippen molar-refractivity contribution in [3.8, 4) is 85.0 Å². The number of allylic oxidation sites excluding steroid dienone is 1. The van der Waals surface area contributed by atoms with Crippen LogP contribution in [0.25, 0.3) is 106 Å². The first kappa shape index (κ1) is 86.2. The predicted molar refractivity (Wildman–Crippen MR) is 476 cm³/mol. The van der Waals surface area contributed by atoms with Gasteiger partial charge in [-0.3, -0.25) is 24.0 Å². The smallest absolute Gasteiger partial charge is 0.345 e. The fraction of sp³-hybridized carbons (Fsp3) is 0.255. The predicted octanol–water partition coefficient (Wildman–Crippen LogP) is 11.0. The Morgan fingerprint density at radius 2 is 0.930 bits per heavy atom. The number of fused-ring (bicyclic) bond motifs is 19. The van der Waals surface area contributed by atoms with E-state index in [0.29, 0.717) is 140 Å². The van der Waals surface area contributed by atoms with E-state index in [4.69, 9.17) is 15.3 Å². The first-order valence-corrected chi connectivity index (χ1v) is 41.3. The van der Waals surface area contributed by atoms with Crippen molar-refractivity contribution in [2.24, 2.45) is 28.2 Å². The van der Waals surface area contributed by atoms with Gasteiger partial charge in [-0.2, -0.15) is 0 Å². The van der Waals surface area contributed by atoms with Crippen molar-refractivity contribution < 1.29 is 84.5 Å². The molecular weight excluding hydrogens is 1650 g/mol. The molecule has 2 atom stereocenters. The van der Waals surface area contributed by atoms with Crippen molar-refractivity contribution >= 4 is 85.2 Å². The highest BCUT2D eigenvalue weighted by atomic mass is 19.1. The number of hydrogen-bond acceptors (Lipinski definition) is 19. The van der Waals surface area contributed by atoms with Gasteiger partial charge >= 0.3 is 29.8 Å². The molecule has 0 amide bonds. The van der Waals surface area contributed by atoms with Gasteiger partial charge in [-0.05, 0) is 192 Å². The van der Waals surface area contributed by atoms with E-state index in [-0.39, 0.29) is 12.2 Å². The largest absolute Gasteiger partial charge is 0.506 e. The minimum absolute atomic E-state index is 0.260. The molecule has 0 radical (unpaired) electrons. The van der Waals surface area contributed by atoms with Gasteiger partial charge in [0.25, 0.3) is 27.8 Å². The number of rotatable bonds is 10. The lowest BCUT2D eigenvalue weighted by atomic mass is 9.97. The summed E-state index contributed by atoms with van der Waals surface area (Å²) in [5, 5.41) is 115. The molecule has 0 bridgehead atoms. The van der Waals surface area contributed by atoms with Crippen molar-refractivity contribution in [1.29, 1.82) is 0 Å². The minimum Gasteiger partial charge on any atom is -0.506 e. The molecule has 5 aliphatic carbocycles. The third kappa shape index (κ3) is 15.1. The molecule has 128 heavy (non-hydrogen) atoms. The Morgan fingerprint density at radius 1 is 0.477 bits per heavy atom. The maximum absolute atomic E-state index is 15.1. The molecule has 33 nitrogen and oxygen atoms in total. The highest BCUT2D eigenvalue weighted by molar-refractivity contribution is 6.00. The number of anilines is 1. The molecule has 9 aromatic heterocycles. The number of likely N-dealkylation sites (N-methyl/N-ethyl adjacent to an activating group) is 1. The van der Waals surface area contributed by atoms with Crippen LogP contribution >= 0.6 is 0 Å². The van der Waals surface area contributed by atoms with Gasteiger partial charge < -0.3 is 114 Å². The number of H-pyrrole nitrogens is 5. The molecule has 2 unspecified atom stereocenters. The van der Waals surface area contributed by atoms with Gasteiger partial charge in [0.15, 0.2) is 33.6 Å². The van der Waals surface area contributed by atoms with Crippen LogP contribution in [0.1, 0.15) is 152 Å². The molecule has 0 saturated carbocycles. The van der Waals surface area contributed by atoms with Crippen molar-refractivity contribution in [2.45, 2.75) is 96.2 Å². The number of aliphatic hydroxyl groups is 1. The van der Waals surface area contributed by atoms with E-state index in [1.54, 1.807) is 29.9 Å². The Balaban J connectivity index is 0.000000118. The number of pyridine rings is 5. The average Bonchev–Trinajstić information content (AvgIpc) is 1.85. The summed E-state index contributed by atoms with van der Waals surface area (Å²) >= 11 is 0. The van der Waals surface area contributed by atoms with E-state index in [0.717, 1.165) is 123 Å². The highest BCUT2D eigenvalue weighted by Crippen LogP contribution is 2.47. The topological polar surface area (TPSA) is 510 Å². The second kappa shape index (κ2) is 33.7. The molecular formula is C94H89FN12O21. The van der Waals surface area contributed by atoms with E-state index in [2.05, 4.69) is 77.8 Å². The third-order valence-corrected chi connectivity index (χ3v) is 25.2. The molecule has 34 heteroatoms. The summed E-state index contributed by atoms with van der Waals surface area (Å²) in [6.07, 6.45) is 14.4. The van der Waals surface area contributed by atoms with Crippen LogP contribution in [0.5, 0.6) is 28.7 Å². The van der Waals surface area contributed by atoms with Crippen molar-refractivity contribution in [3.05, 3.63) is 256 Å². The van der Waals surface area contributed by atoms with E-state index in [9.17, 15) is 88.8 Å². The monoisotopic (exact) mass is 1740 g/mol. The lowest BCUT2D eigenvalue weighted by molar-refractivity contribution is 0.0680. The molecule has 1 saturated heterocycles. The first-order valence-electron chi connectivity index (χ1n) is 41.3. The molecule has 20 rings (SSSR count). The molecule has 0 spiro atoms. The Morgan fingerprint density at radius 3 is 1.48 bits per heavy atom. The molecule has 5 aromatic carbocycles. The van der Waals surface area contributed by atoms with Crippen LogP contribution in [-0.4, -0.2) is 174 Å². The Hall–Kier alpha value is -15.3. The summed E-state index contributed by atoms with van der Waals surface area (Å²) in [6, 6.07) is 27.8. The van der Waals surface area contributed by atoms with Crippen molar-refractivity contribution in [3.63, 3.8) is 0 Å². The number of aromatic nitrogens is 9. The van der Waals surface area contributed by atoms with Crippen LogP contribution in [-0.2, 0) is 79.7 Å². The summed E-state index contributed by atoms with van der Waals surface area (Å²) in [7, 11) is 11.8. The van der Waals surface area contributed by atoms with Crippen LogP contribution in [0, 0.1) is 5.82 Å². The molecule has 1 aliphatic heterocycles. The third-order valence-electron chi connectivity index (χ3n) is 25.2. The van der Waals surface area contributed by atoms with Gasteiger partial charge in [-0.1, -0.05) is 25.1 Å². The van der Waals surface area contributed by atoms with Crippen LogP contribution in [0.2, 0.25) is 0 Å². The number of halogens is 1. The van der Waals surface area contributed by atoms with Gasteiger partial charge in [0, 0.05) is 184 Å². The number of nitrogens with one attached hydrogen (secondary N) is 6. The minimum atomic E-state index is -1.49. The summed E-state index contributed by atoms with van der Waals surface area (Å²) in [5.74, 6) is -9.98. The zero-order valence-electron chi connectivity index (χ0n) is 70.3. The first-order chi connectivity index (χ1) is 61.0. The number of aliphatic hydroxyl groups excluding tert-OH is 1. The van der Waals surface area contributed by atoms with Crippen LogP contribution in [0.15, 0.2) is 134 Å². The van der Waals surface area contributed by atoms with Gasteiger partial charge in [0.1, 0.15) is 28.7 Å². The van der Waals surface area contributed by atoms with Crippen LogP contribution in [0.4, 0.5) is 10.1 Å². The number of carboxylic acids is 5. The van der Waals surface area contributed by atoms with Gasteiger partial charge in [-0.25, -0.2) is 28.4 Å². The average molecular weight is 1740 g/mol. The Labute approximate surface area is 724 Å². The normalized spacial score (nSPS) is 14.8. The Kier molecular flexibility index (Phi) is 22.7. The summed E-state index contributed by atoms with van der Waals surface area (Å²) in [6.45, 7) is 5.54. The number of nitrogens with zero attached hydrogens (tertiary/aromatic N) is 6. The van der Waals surface area contributed by atoms with E-state index in [1.165, 1.54) is 0 Å². The second-order valence-electron chi connectivity index (χ2n) is 32.9. The summed E-state index contributed by atoms with van der Waals surface area (Å²) in [5.41, 5.74) is 10.5. The lowest BCUT2D eigenvalue weighted by Gasteiger charge is -2.23. The fourth-order valence-electron chi connectivity index (χ4n) is 18.6. The van der Waals surface area contributed by atoms with E-state index in [1.807, 2.05) is 115 Å². The fourth-order valence-corrected chi connectivity index (χ4v) is 18.6. The van der Waals surface area contributed by atoms with Crippen LogP contribution in [0.3, 0.4) is 0 Å². The van der Waals surface area contributed by atoms with Crippen LogP contribution < -0.4 is 38.0 Å². The maximum Gasteiger partial charge on any atom is 0.345 e. The molecule has 1 fully saturated rings. The standard InChI is InChI=1S/C21H25N3O5.C19H19N3O4.C18H15FN2O4.C18H16N2O4.C18H14N2O4/c1-23(2)12-7-8-24(10-12)11-3-4-13-15(9-11)16(25)6-5-14-18(13)22-20(27)17(19(14)26)21(28)29;1-3-20-8-11-4-10-6-12-9(7-14(10)22(11)2)5-13-16(12)21-18(24)15(17(13)23)19(25)26;1-21-6-5-8-7-11-9(13(19)15(8)21)3-2-4-10-14(11)20-17(23)12(16(10)22)18(24)25;2*1-20-6-5-10-7-12-9(8-13(10)20)3-2-4-11-15(12)19-17(22)14(16(11)21)18(23)24/h3-4,9,12,16,25H,5-8,10H2,1-2H3,(H,28,29)(H2,22,26,27);4,6-7,20H,3,5,8H2,1-2H3,(H,25,26)(H2,21,23,24);5-7H,2-4H2,1H3,(H,24,25)(H2,20,22,23);5-8H,2-4H2,1H3,(H,23,24)(H2,19,21,22);2-3,5-8H,4H2,1H3,(H,23,24)(H2,19,21,22). The number of aryl methyl sites for hydroxylation is 5. The molecule has 10 heterocycles. The summed E-state index contributed by atoms with van der Waals surface area (Å²) < 4.78 is 22.9. The van der Waals surface area contributed by atoms with Gasteiger partial charge in [0.2, 0.25) is 0 Å². The van der Waals surface area contributed by atoms with E-state index >= 15 is 4.39 Å². The molecule has 6 aliphatic rings. The molecule has 14 aromatic rings.